The van der Waals surface area contributed by atoms with Crippen molar-refractivity contribution in [2.75, 3.05) is 18.6 Å². The number of piperidine rings is 1. The zero-order chi connectivity index (χ0) is 13.9. The average molecular weight is 275 g/mol. The largest absolute Gasteiger partial charge is 0.469 e. The molecule has 3 rings (SSSR count). The van der Waals surface area contributed by atoms with Gasteiger partial charge in [0.25, 0.3) is 0 Å². The number of hydrogen-bond donors (Lipinski definition) is 0. The third-order valence-electron chi connectivity index (χ3n) is 4.38. The highest BCUT2D eigenvalue weighted by molar-refractivity contribution is 5.71. The highest BCUT2D eigenvalue weighted by Gasteiger charge is 2.29. The number of anilines is 1. The number of aryl methyl sites for hydroxylation is 1. The van der Waals surface area contributed by atoms with Gasteiger partial charge in [0.1, 0.15) is 12.1 Å². The fourth-order valence-corrected chi connectivity index (χ4v) is 3.36. The third-order valence-corrected chi connectivity index (χ3v) is 4.38. The number of nitrogens with zero attached hydrogens (tertiary/aromatic N) is 3. The van der Waals surface area contributed by atoms with Crippen LogP contribution in [-0.2, 0) is 22.4 Å². The van der Waals surface area contributed by atoms with Gasteiger partial charge in [-0.3, -0.25) is 4.79 Å². The predicted octanol–water partition coefficient (Wildman–Crippen LogP) is 1.89. The summed E-state index contributed by atoms with van der Waals surface area (Å²) in [7, 11) is 1.46. The SMILES string of the molecule is COC(=O)CC1CCCCN1c1ncnc2c1CCC2. The minimum absolute atomic E-state index is 0.132. The van der Waals surface area contributed by atoms with Crippen molar-refractivity contribution in [2.24, 2.45) is 0 Å². The lowest BCUT2D eigenvalue weighted by Crippen LogP contribution is -2.42. The average Bonchev–Trinajstić information content (AvgIpc) is 2.96. The standard InChI is InChI=1S/C15H21N3O2/c1-20-14(19)9-11-5-2-3-8-18(11)15-12-6-4-7-13(12)16-10-17-15/h10-11H,2-9H2,1H3. The molecular formula is C15H21N3O2. The van der Waals surface area contributed by atoms with E-state index in [1.807, 2.05) is 0 Å². The van der Waals surface area contributed by atoms with Gasteiger partial charge in [0.2, 0.25) is 0 Å². The summed E-state index contributed by atoms with van der Waals surface area (Å²) in [5.74, 6) is 0.925. The van der Waals surface area contributed by atoms with E-state index < -0.39 is 0 Å². The van der Waals surface area contributed by atoms with Crippen LogP contribution in [0.3, 0.4) is 0 Å². The highest BCUT2D eigenvalue weighted by atomic mass is 16.5. The van der Waals surface area contributed by atoms with E-state index in [0.29, 0.717) is 6.42 Å². The van der Waals surface area contributed by atoms with Crippen LogP contribution in [0.5, 0.6) is 0 Å². The number of carbonyl (C=O) groups excluding carboxylic acids is 1. The Balaban J connectivity index is 1.86. The van der Waals surface area contributed by atoms with Gasteiger partial charge in [-0.2, -0.15) is 0 Å². The number of aromatic nitrogens is 2. The first-order chi connectivity index (χ1) is 9.79. The third kappa shape index (κ3) is 2.49. The molecule has 108 valence electrons. The van der Waals surface area contributed by atoms with E-state index in [1.165, 1.54) is 24.8 Å². The Morgan fingerprint density at radius 2 is 2.25 bits per heavy atom. The molecule has 1 aromatic heterocycles. The molecule has 0 radical (unpaired) electrons. The molecule has 0 saturated carbocycles. The van der Waals surface area contributed by atoms with E-state index >= 15 is 0 Å². The zero-order valence-electron chi connectivity index (χ0n) is 12.0. The molecule has 2 heterocycles. The van der Waals surface area contributed by atoms with E-state index in [2.05, 4.69) is 14.9 Å². The summed E-state index contributed by atoms with van der Waals surface area (Å²) in [5, 5.41) is 0. The van der Waals surface area contributed by atoms with Crippen LogP contribution < -0.4 is 4.90 Å². The van der Waals surface area contributed by atoms with Crippen LogP contribution in [0.1, 0.15) is 43.4 Å². The van der Waals surface area contributed by atoms with Crippen LogP contribution >= 0.6 is 0 Å². The van der Waals surface area contributed by atoms with Crippen molar-refractivity contribution < 1.29 is 9.53 Å². The Morgan fingerprint density at radius 1 is 1.35 bits per heavy atom. The number of hydrogen-bond acceptors (Lipinski definition) is 5. The van der Waals surface area contributed by atoms with Crippen molar-refractivity contribution >= 4 is 11.8 Å². The van der Waals surface area contributed by atoms with E-state index in [0.717, 1.165) is 44.5 Å². The molecule has 0 spiro atoms. The van der Waals surface area contributed by atoms with Crippen molar-refractivity contribution in [1.29, 1.82) is 0 Å². The number of rotatable bonds is 3. The second kappa shape index (κ2) is 5.77. The van der Waals surface area contributed by atoms with E-state index in [1.54, 1.807) is 6.33 Å². The fourth-order valence-electron chi connectivity index (χ4n) is 3.36. The summed E-state index contributed by atoms with van der Waals surface area (Å²) in [4.78, 5) is 22.8. The van der Waals surface area contributed by atoms with Gasteiger partial charge in [0, 0.05) is 23.8 Å². The van der Waals surface area contributed by atoms with Crippen LogP contribution in [0.15, 0.2) is 6.33 Å². The van der Waals surface area contributed by atoms with Gasteiger partial charge in [0.05, 0.1) is 13.5 Å². The lowest BCUT2D eigenvalue weighted by atomic mass is 9.98. The Kier molecular flexibility index (Phi) is 3.85. The molecule has 0 bridgehead atoms. The molecular weight excluding hydrogens is 254 g/mol. The van der Waals surface area contributed by atoms with Crippen molar-refractivity contribution in [3.63, 3.8) is 0 Å². The number of fused-ring (bicyclic) bond motifs is 1. The second-order valence-corrected chi connectivity index (χ2v) is 5.60. The Morgan fingerprint density at radius 3 is 3.10 bits per heavy atom. The van der Waals surface area contributed by atoms with Gasteiger partial charge in [-0.05, 0) is 38.5 Å². The number of methoxy groups -OCH3 is 1. The van der Waals surface area contributed by atoms with Crippen molar-refractivity contribution in [3.05, 3.63) is 17.6 Å². The van der Waals surface area contributed by atoms with Gasteiger partial charge in [-0.25, -0.2) is 9.97 Å². The van der Waals surface area contributed by atoms with Gasteiger partial charge >= 0.3 is 5.97 Å². The molecule has 5 heteroatoms. The molecule has 1 aliphatic carbocycles. The van der Waals surface area contributed by atoms with Crippen LogP contribution in [0.25, 0.3) is 0 Å². The van der Waals surface area contributed by atoms with Crippen LogP contribution in [-0.4, -0.2) is 35.6 Å². The number of carbonyl (C=O) groups is 1. The predicted molar refractivity (Wildman–Crippen MR) is 75.7 cm³/mol. The normalized spacial score (nSPS) is 21.6. The maximum Gasteiger partial charge on any atom is 0.307 e. The molecule has 1 fully saturated rings. The van der Waals surface area contributed by atoms with Gasteiger partial charge in [0.15, 0.2) is 0 Å². The first-order valence-corrected chi connectivity index (χ1v) is 7.46. The fraction of sp³-hybridized carbons (Fsp3) is 0.667. The second-order valence-electron chi connectivity index (χ2n) is 5.60. The summed E-state index contributed by atoms with van der Waals surface area (Å²) in [6.45, 7) is 0.977. The molecule has 20 heavy (non-hydrogen) atoms. The quantitative estimate of drug-likeness (QED) is 0.788. The molecule has 2 aliphatic rings. The van der Waals surface area contributed by atoms with Crippen LogP contribution in [0.4, 0.5) is 5.82 Å². The van der Waals surface area contributed by atoms with Crippen molar-refractivity contribution in [2.45, 2.75) is 51.0 Å². The topological polar surface area (TPSA) is 55.3 Å². The Bertz CT molecular complexity index is 504. The maximum absolute atomic E-state index is 11.6. The lowest BCUT2D eigenvalue weighted by molar-refractivity contribution is -0.141. The van der Waals surface area contributed by atoms with E-state index in [9.17, 15) is 4.79 Å². The van der Waals surface area contributed by atoms with Gasteiger partial charge in [-0.15, -0.1) is 0 Å². The van der Waals surface area contributed by atoms with Crippen LogP contribution in [0, 0.1) is 0 Å². The highest BCUT2D eigenvalue weighted by Crippen LogP contribution is 2.32. The maximum atomic E-state index is 11.6. The van der Waals surface area contributed by atoms with Gasteiger partial charge < -0.3 is 9.64 Å². The summed E-state index contributed by atoms with van der Waals surface area (Å²) < 4.78 is 4.83. The molecule has 1 aliphatic heterocycles. The molecule has 0 amide bonds. The molecule has 1 atom stereocenters. The summed E-state index contributed by atoms with van der Waals surface area (Å²) >= 11 is 0. The first-order valence-electron chi connectivity index (χ1n) is 7.46. The van der Waals surface area contributed by atoms with Crippen LogP contribution in [0.2, 0.25) is 0 Å². The van der Waals surface area contributed by atoms with E-state index in [-0.39, 0.29) is 12.0 Å². The Labute approximate surface area is 119 Å². The minimum atomic E-state index is -0.132. The molecule has 1 aromatic rings. The van der Waals surface area contributed by atoms with Crippen molar-refractivity contribution in [1.82, 2.24) is 9.97 Å². The van der Waals surface area contributed by atoms with Crippen molar-refractivity contribution in [3.8, 4) is 0 Å². The molecule has 1 unspecified atom stereocenters. The lowest BCUT2D eigenvalue weighted by Gasteiger charge is -2.37. The molecule has 0 aromatic carbocycles. The number of ether oxygens (including phenoxy) is 1. The summed E-state index contributed by atoms with van der Waals surface area (Å²) in [6.07, 6.45) is 8.78. The molecule has 1 saturated heterocycles. The van der Waals surface area contributed by atoms with E-state index in [4.69, 9.17) is 4.74 Å². The first kappa shape index (κ1) is 13.3. The summed E-state index contributed by atoms with van der Waals surface area (Å²) in [5.41, 5.74) is 2.49. The molecule has 0 N–H and O–H groups in total. The Hall–Kier alpha value is -1.65. The van der Waals surface area contributed by atoms with Gasteiger partial charge in [-0.1, -0.05) is 0 Å². The zero-order valence-corrected chi connectivity index (χ0v) is 12.0. The minimum Gasteiger partial charge on any atom is -0.469 e. The number of esters is 1. The monoisotopic (exact) mass is 275 g/mol. The summed E-state index contributed by atoms with van der Waals surface area (Å²) in [6, 6.07) is 0.218. The molecule has 5 nitrogen and oxygen atoms in total. The smallest absolute Gasteiger partial charge is 0.307 e.